The van der Waals surface area contributed by atoms with E-state index in [-0.39, 0.29) is 21.9 Å². The van der Waals surface area contributed by atoms with E-state index in [1.54, 1.807) is 42.5 Å². The molecule has 0 saturated carbocycles. The molecule has 1 unspecified atom stereocenters. The number of hydrogen-bond acceptors (Lipinski definition) is 7. The van der Waals surface area contributed by atoms with E-state index in [0.29, 0.717) is 35.7 Å². The highest BCUT2D eigenvalue weighted by molar-refractivity contribution is 7.89. The summed E-state index contributed by atoms with van der Waals surface area (Å²) < 4.78 is 34.1. The van der Waals surface area contributed by atoms with E-state index in [4.69, 9.17) is 14.6 Å². The number of amides is 1. The van der Waals surface area contributed by atoms with Crippen molar-refractivity contribution in [3.63, 3.8) is 0 Å². The Labute approximate surface area is 207 Å². The largest absolute Gasteiger partial charge is 0.507 e. The predicted octanol–water partition coefficient (Wildman–Crippen LogP) is 2.90. The number of Topliss-reactive ketones (excluding diaryl/α,β-unsaturated/α-hetero) is 1. The highest BCUT2D eigenvalue weighted by Gasteiger charge is 2.47. The SMILES string of the molecule is COc1ccc(C2/C(=C(/O)c3ccc4c(c3)CCO4)C(=O)C(=O)N2c2ccc(S(N)(=O)=O)cc2)cc1. The van der Waals surface area contributed by atoms with Crippen LogP contribution in [0.1, 0.15) is 22.7 Å². The molecule has 5 rings (SSSR count). The molecule has 3 aromatic carbocycles. The standard InChI is InChI=1S/C26H22N2O7S/c1-34-19-7-2-15(3-8-19)23-22(24(29)17-4-11-21-16(14-17)12-13-35-21)25(30)26(31)28(23)18-5-9-20(10-6-18)36(27,32)33/h2-11,14,23,29H,12-13H2,1H3,(H2,27,32,33)/b24-22-. The molecule has 36 heavy (non-hydrogen) atoms. The molecule has 0 radical (unpaired) electrons. The van der Waals surface area contributed by atoms with Gasteiger partial charge >= 0.3 is 0 Å². The fraction of sp³-hybridized carbons (Fsp3) is 0.154. The van der Waals surface area contributed by atoms with Crippen molar-refractivity contribution in [3.05, 3.63) is 89.0 Å². The molecule has 0 bridgehead atoms. The Morgan fingerprint density at radius 3 is 2.39 bits per heavy atom. The van der Waals surface area contributed by atoms with Gasteiger partial charge in [0.1, 0.15) is 17.3 Å². The molecule has 3 N–H and O–H groups in total. The second-order valence-corrected chi connectivity index (χ2v) is 9.96. The van der Waals surface area contributed by atoms with Crippen LogP contribution in [0.15, 0.2) is 77.2 Å². The summed E-state index contributed by atoms with van der Waals surface area (Å²) in [5.41, 5.74) is 2.02. The van der Waals surface area contributed by atoms with Gasteiger partial charge in [-0.15, -0.1) is 0 Å². The van der Waals surface area contributed by atoms with Crippen LogP contribution in [0.5, 0.6) is 11.5 Å². The smallest absolute Gasteiger partial charge is 0.300 e. The molecule has 2 heterocycles. The van der Waals surface area contributed by atoms with Crippen LogP contribution in [-0.2, 0) is 26.0 Å². The van der Waals surface area contributed by atoms with Crippen LogP contribution in [-0.4, -0.2) is 38.9 Å². The number of carbonyl (C=O) groups is 2. The zero-order valence-corrected chi connectivity index (χ0v) is 20.0. The highest BCUT2D eigenvalue weighted by atomic mass is 32.2. The van der Waals surface area contributed by atoms with Gasteiger partial charge < -0.3 is 14.6 Å². The first-order valence-corrected chi connectivity index (χ1v) is 12.6. The number of aliphatic hydroxyl groups excluding tert-OH is 1. The predicted molar refractivity (Wildman–Crippen MR) is 131 cm³/mol. The van der Waals surface area contributed by atoms with Crippen molar-refractivity contribution in [1.82, 2.24) is 0 Å². The average Bonchev–Trinajstić information content (AvgIpc) is 3.45. The molecule has 0 aromatic heterocycles. The van der Waals surface area contributed by atoms with Gasteiger partial charge in [0.2, 0.25) is 10.0 Å². The zero-order chi connectivity index (χ0) is 25.6. The summed E-state index contributed by atoms with van der Waals surface area (Å²) in [6, 6.07) is 16.2. The third-order valence-corrected chi connectivity index (χ3v) is 7.21. The molecule has 0 aliphatic carbocycles. The maximum atomic E-state index is 13.3. The highest BCUT2D eigenvalue weighted by Crippen LogP contribution is 2.43. The maximum absolute atomic E-state index is 13.3. The molecule has 3 aromatic rings. The number of carbonyl (C=O) groups excluding carboxylic acids is 2. The number of anilines is 1. The monoisotopic (exact) mass is 506 g/mol. The van der Waals surface area contributed by atoms with Crippen molar-refractivity contribution in [3.8, 4) is 11.5 Å². The van der Waals surface area contributed by atoms with E-state index >= 15 is 0 Å². The molecule has 9 nitrogen and oxygen atoms in total. The quantitative estimate of drug-likeness (QED) is 0.308. The molecule has 2 aliphatic heterocycles. The summed E-state index contributed by atoms with van der Waals surface area (Å²) in [5, 5.41) is 16.5. The van der Waals surface area contributed by atoms with Gasteiger partial charge in [0.15, 0.2) is 0 Å². The first-order valence-electron chi connectivity index (χ1n) is 11.0. The van der Waals surface area contributed by atoms with Gasteiger partial charge in [-0.05, 0) is 65.7 Å². The van der Waals surface area contributed by atoms with Gasteiger partial charge in [0, 0.05) is 17.7 Å². The lowest BCUT2D eigenvalue weighted by Gasteiger charge is -2.25. The van der Waals surface area contributed by atoms with E-state index in [9.17, 15) is 23.1 Å². The lowest BCUT2D eigenvalue weighted by Crippen LogP contribution is -2.29. The molecule has 10 heteroatoms. The molecule has 1 fully saturated rings. The lowest BCUT2D eigenvalue weighted by atomic mass is 9.94. The Kier molecular flexibility index (Phi) is 5.77. The first-order chi connectivity index (χ1) is 17.2. The van der Waals surface area contributed by atoms with Crippen LogP contribution >= 0.6 is 0 Å². The van der Waals surface area contributed by atoms with Gasteiger partial charge in [-0.1, -0.05) is 12.1 Å². The van der Waals surface area contributed by atoms with Crippen molar-refractivity contribution in [1.29, 1.82) is 0 Å². The summed E-state index contributed by atoms with van der Waals surface area (Å²) in [7, 11) is -2.43. The number of methoxy groups -OCH3 is 1. The van der Waals surface area contributed by atoms with Crippen LogP contribution < -0.4 is 19.5 Å². The molecule has 1 amide bonds. The summed E-state index contributed by atoms with van der Waals surface area (Å²) in [6.07, 6.45) is 0.670. The van der Waals surface area contributed by atoms with Crippen LogP contribution in [0.25, 0.3) is 5.76 Å². The van der Waals surface area contributed by atoms with Crippen molar-refractivity contribution in [2.24, 2.45) is 5.14 Å². The summed E-state index contributed by atoms with van der Waals surface area (Å²) in [4.78, 5) is 27.7. The van der Waals surface area contributed by atoms with E-state index in [2.05, 4.69) is 0 Å². The fourth-order valence-corrected chi connectivity index (χ4v) is 5.00. The van der Waals surface area contributed by atoms with Gasteiger partial charge in [0.05, 0.1) is 30.2 Å². The van der Waals surface area contributed by atoms with Crippen molar-refractivity contribution in [2.45, 2.75) is 17.4 Å². The van der Waals surface area contributed by atoms with E-state index in [0.717, 1.165) is 5.56 Å². The lowest BCUT2D eigenvalue weighted by molar-refractivity contribution is -0.132. The number of ketones is 1. The molecule has 1 atom stereocenters. The number of benzene rings is 3. The van der Waals surface area contributed by atoms with Gasteiger partial charge in [-0.25, -0.2) is 13.6 Å². The van der Waals surface area contributed by atoms with E-state index < -0.39 is 27.8 Å². The summed E-state index contributed by atoms with van der Waals surface area (Å²) in [5.74, 6) is -0.737. The Hall–Kier alpha value is -4.15. The van der Waals surface area contributed by atoms with Crippen molar-refractivity contribution in [2.75, 3.05) is 18.6 Å². The normalized spacial score (nSPS) is 18.7. The van der Waals surface area contributed by atoms with Crippen molar-refractivity contribution >= 4 is 33.2 Å². The third kappa shape index (κ3) is 4.00. The number of hydrogen-bond donors (Lipinski definition) is 2. The zero-order valence-electron chi connectivity index (χ0n) is 19.2. The number of fused-ring (bicyclic) bond motifs is 1. The second kappa shape index (κ2) is 8.81. The third-order valence-electron chi connectivity index (χ3n) is 6.28. The van der Waals surface area contributed by atoms with Crippen LogP contribution in [0.3, 0.4) is 0 Å². The molecular weight excluding hydrogens is 484 g/mol. The molecular formula is C26H22N2O7S. The molecule has 0 spiro atoms. The molecule has 2 aliphatic rings. The maximum Gasteiger partial charge on any atom is 0.300 e. The molecule has 1 saturated heterocycles. The number of aliphatic hydroxyl groups is 1. The van der Waals surface area contributed by atoms with Crippen LogP contribution in [0.4, 0.5) is 5.69 Å². The molecule has 184 valence electrons. The number of primary sulfonamides is 1. The minimum atomic E-state index is -3.95. The van der Waals surface area contributed by atoms with Crippen molar-refractivity contribution < 1.29 is 32.6 Å². The van der Waals surface area contributed by atoms with Gasteiger partial charge in [-0.3, -0.25) is 14.5 Å². The van der Waals surface area contributed by atoms with Gasteiger partial charge in [-0.2, -0.15) is 0 Å². The Bertz CT molecular complexity index is 1510. The number of nitrogens with two attached hydrogens (primary N) is 1. The Balaban J connectivity index is 1.67. The number of sulfonamides is 1. The number of nitrogens with zero attached hydrogens (tertiary/aromatic N) is 1. The van der Waals surface area contributed by atoms with E-state index in [1.807, 2.05) is 0 Å². The second-order valence-electron chi connectivity index (χ2n) is 8.40. The average molecular weight is 507 g/mol. The summed E-state index contributed by atoms with van der Waals surface area (Å²) in [6.45, 7) is 0.532. The number of rotatable bonds is 5. The Morgan fingerprint density at radius 1 is 1.06 bits per heavy atom. The summed E-state index contributed by atoms with van der Waals surface area (Å²) >= 11 is 0. The van der Waals surface area contributed by atoms with Gasteiger partial charge in [0.25, 0.3) is 11.7 Å². The fourth-order valence-electron chi connectivity index (χ4n) is 4.49. The van der Waals surface area contributed by atoms with Crippen LogP contribution in [0.2, 0.25) is 0 Å². The van der Waals surface area contributed by atoms with E-state index in [1.165, 1.54) is 36.3 Å². The minimum Gasteiger partial charge on any atom is -0.507 e. The topological polar surface area (TPSA) is 136 Å². The van der Waals surface area contributed by atoms with Crippen LogP contribution in [0, 0.1) is 0 Å². The first kappa shape index (κ1) is 23.6. The Morgan fingerprint density at radius 2 is 1.75 bits per heavy atom. The number of ether oxygens (including phenoxy) is 2. The minimum absolute atomic E-state index is 0.0837.